The molecule has 0 bridgehead atoms. The summed E-state index contributed by atoms with van der Waals surface area (Å²) >= 11 is 0. The lowest BCUT2D eigenvalue weighted by molar-refractivity contribution is -0.275. The van der Waals surface area contributed by atoms with Gasteiger partial charge in [0, 0.05) is 20.1 Å². The van der Waals surface area contributed by atoms with Crippen LogP contribution >= 0.6 is 0 Å². The number of alkyl halides is 5. The predicted molar refractivity (Wildman–Crippen MR) is 46.4 cm³/mol. The molecule has 1 saturated heterocycles. The molecule has 0 aromatic heterocycles. The van der Waals surface area contributed by atoms with Crippen LogP contribution in [0.4, 0.5) is 22.0 Å². The Kier molecular flexibility index (Phi) is 3.63. The highest BCUT2D eigenvalue weighted by Gasteiger charge is 2.65. The van der Waals surface area contributed by atoms with Crippen LogP contribution < -0.4 is 5.32 Å². The van der Waals surface area contributed by atoms with E-state index in [-0.39, 0.29) is 18.0 Å². The summed E-state index contributed by atoms with van der Waals surface area (Å²) in [5, 5.41) is 11.9. The third kappa shape index (κ3) is 2.49. The largest absolute Gasteiger partial charge is 0.463 e. The number of hydrogen-bond acceptors (Lipinski definition) is 3. The number of nitrogens with one attached hydrogen (secondary N) is 1. The quantitative estimate of drug-likeness (QED) is 0.687. The number of halogens is 5. The van der Waals surface area contributed by atoms with Crippen molar-refractivity contribution in [2.24, 2.45) is 0 Å². The Morgan fingerprint density at radius 1 is 1.29 bits per heavy atom. The van der Waals surface area contributed by atoms with Crippen LogP contribution in [0.5, 0.6) is 0 Å². The lowest BCUT2D eigenvalue weighted by atomic mass is 10.1. The van der Waals surface area contributed by atoms with Crippen LogP contribution in [0.1, 0.15) is 0 Å². The number of carbonyl (C=O) groups excluding carboxylic acids is 1. The highest BCUT2D eigenvalue weighted by molar-refractivity contribution is 5.84. The van der Waals surface area contributed by atoms with Gasteiger partial charge in [-0.2, -0.15) is 22.0 Å². The van der Waals surface area contributed by atoms with E-state index < -0.39 is 30.2 Å². The topological polar surface area (TPSA) is 52.6 Å². The van der Waals surface area contributed by atoms with Gasteiger partial charge >= 0.3 is 18.0 Å². The maximum atomic E-state index is 12.7. The maximum Gasteiger partial charge on any atom is 0.463 e. The number of likely N-dealkylation sites (N-methyl/N-ethyl adjacent to an activating group) is 1. The first-order valence-corrected chi connectivity index (χ1v) is 4.69. The number of hydrogen-bond donors (Lipinski definition) is 2. The van der Waals surface area contributed by atoms with E-state index in [1.54, 1.807) is 0 Å². The second-order valence-corrected chi connectivity index (χ2v) is 3.78. The van der Waals surface area contributed by atoms with Crippen molar-refractivity contribution in [1.82, 2.24) is 10.2 Å². The smallest absolute Gasteiger partial charge is 0.390 e. The van der Waals surface area contributed by atoms with Gasteiger partial charge in [-0.3, -0.25) is 4.79 Å². The van der Waals surface area contributed by atoms with Crippen molar-refractivity contribution in [1.29, 1.82) is 0 Å². The van der Waals surface area contributed by atoms with Gasteiger partial charge in [-0.15, -0.1) is 0 Å². The fourth-order valence-corrected chi connectivity index (χ4v) is 1.54. The predicted octanol–water partition coefficient (Wildman–Crippen LogP) is -0.0249. The molecule has 0 saturated carbocycles. The molecule has 1 rings (SSSR count). The number of carbonyl (C=O) groups is 1. The van der Waals surface area contributed by atoms with Gasteiger partial charge in [0.2, 0.25) is 0 Å². The molecule has 0 aromatic rings. The number of nitrogens with zero attached hydrogens (tertiary/aromatic N) is 1. The Hall–Kier alpha value is -0.960. The maximum absolute atomic E-state index is 12.7. The number of aliphatic hydroxyl groups excluding tert-OH is 1. The summed E-state index contributed by atoms with van der Waals surface area (Å²) in [6.45, 7) is 0.0111. The van der Waals surface area contributed by atoms with Crippen molar-refractivity contribution in [2.75, 3.05) is 20.1 Å². The molecule has 1 fully saturated rings. The molecule has 1 heterocycles. The first-order valence-electron chi connectivity index (χ1n) is 4.69. The summed E-state index contributed by atoms with van der Waals surface area (Å²) in [4.78, 5) is 11.3. The summed E-state index contributed by atoms with van der Waals surface area (Å²) in [5.41, 5.74) is 0. The molecule has 0 spiro atoms. The zero-order chi connectivity index (χ0) is 13.4. The molecule has 0 aromatic carbocycles. The molecule has 2 atom stereocenters. The molecule has 4 nitrogen and oxygen atoms in total. The average Bonchev–Trinajstić information content (AvgIpc) is 2.60. The van der Waals surface area contributed by atoms with E-state index in [0.717, 1.165) is 7.05 Å². The van der Waals surface area contributed by atoms with Crippen molar-refractivity contribution < 1.29 is 31.9 Å². The van der Waals surface area contributed by atoms with Gasteiger partial charge in [-0.25, -0.2) is 0 Å². The molecule has 100 valence electrons. The zero-order valence-electron chi connectivity index (χ0n) is 8.76. The van der Waals surface area contributed by atoms with E-state index >= 15 is 0 Å². The lowest BCUT2D eigenvalue weighted by Gasteiger charge is -2.30. The minimum atomic E-state index is -5.94. The van der Waals surface area contributed by atoms with E-state index in [1.165, 1.54) is 0 Å². The average molecular weight is 262 g/mol. The van der Waals surface area contributed by atoms with Gasteiger partial charge in [0.15, 0.2) is 0 Å². The van der Waals surface area contributed by atoms with Gasteiger partial charge in [-0.05, 0) is 0 Å². The minimum Gasteiger partial charge on any atom is -0.390 e. The first-order chi connectivity index (χ1) is 7.59. The van der Waals surface area contributed by atoms with Crippen molar-refractivity contribution in [2.45, 2.75) is 24.2 Å². The van der Waals surface area contributed by atoms with Crippen LogP contribution in [-0.2, 0) is 4.79 Å². The van der Waals surface area contributed by atoms with E-state index in [0.29, 0.717) is 0 Å². The molecule has 17 heavy (non-hydrogen) atoms. The number of amides is 1. The lowest BCUT2D eigenvalue weighted by Crippen LogP contribution is -2.55. The van der Waals surface area contributed by atoms with Gasteiger partial charge < -0.3 is 15.3 Å². The van der Waals surface area contributed by atoms with E-state index in [1.807, 2.05) is 0 Å². The normalized spacial score (nSPS) is 26.1. The zero-order valence-corrected chi connectivity index (χ0v) is 8.76. The Morgan fingerprint density at radius 3 is 2.18 bits per heavy atom. The summed E-state index contributed by atoms with van der Waals surface area (Å²) in [6, 6.07) is -1.09. The summed E-state index contributed by atoms with van der Waals surface area (Å²) in [6.07, 6.45) is -7.09. The highest BCUT2D eigenvalue weighted by atomic mass is 19.4. The second kappa shape index (κ2) is 4.37. The molecule has 2 N–H and O–H groups in total. The number of rotatable bonds is 2. The summed E-state index contributed by atoms with van der Waals surface area (Å²) in [7, 11) is 0.808. The number of β-amino-alcohol motifs (C(OH)–C–C–N with tert-alkyl or cyclic N) is 1. The first kappa shape index (κ1) is 14.1. The molecule has 0 unspecified atom stereocenters. The monoisotopic (exact) mass is 262 g/mol. The Balaban J connectivity index is 2.83. The SMILES string of the molecule is CN(C(=O)C(F)(F)C(F)(F)F)[C@H]1CNC[C@@H]1O. The highest BCUT2D eigenvalue weighted by Crippen LogP contribution is 2.37. The fourth-order valence-electron chi connectivity index (χ4n) is 1.54. The standard InChI is InChI=1S/C8H11F5N2O2/c1-15(4-2-14-3-5(4)16)6(17)7(9,10)8(11,12)13/h4-5,14,16H,2-3H2,1H3/t4-,5-/m0/s1. The molecular formula is C8H11F5N2O2. The number of aliphatic hydroxyl groups is 1. The Labute approximate surface area is 93.4 Å². The van der Waals surface area contributed by atoms with E-state index in [2.05, 4.69) is 5.32 Å². The van der Waals surface area contributed by atoms with Crippen molar-refractivity contribution in [3.05, 3.63) is 0 Å². The Bertz CT molecular complexity index is 307. The second-order valence-electron chi connectivity index (χ2n) is 3.78. The van der Waals surface area contributed by atoms with Crippen LogP contribution in [0.15, 0.2) is 0 Å². The van der Waals surface area contributed by atoms with Crippen LogP contribution in [0.3, 0.4) is 0 Å². The molecular weight excluding hydrogens is 251 g/mol. The van der Waals surface area contributed by atoms with Crippen LogP contribution in [-0.4, -0.2) is 60.3 Å². The van der Waals surface area contributed by atoms with E-state index in [9.17, 15) is 31.9 Å². The third-order valence-electron chi connectivity index (χ3n) is 2.59. The molecule has 1 aliphatic heterocycles. The molecule has 1 amide bonds. The van der Waals surface area contributed by atoms with Crippen LogP contribution in [0.25, 0.3) is 0 Å². The third-order valence-corrected chi connectivity index (χ3v) is 2.59. The Morgan fingerprint density at radius 2 is 1.82 bits per heavy atom. The van der Waals surface area contributed by atoms with E-state index in [4.69, 9.17) is 0 Å². The van der Waals surface area contributed by atoms with Gasteiger partial charge in [0.1, 0.15) is 0 Å². The van der Waals surface area contributed by atoms with Gasteiger partial charge in [0.25, 0.3) is 0 Å². The van der Waals surface area contributed by atoms with Gasteiger partial charge in [-0.1, -0.05) is 0 Å². The van der Waals surface area contributed by atoms with Gasteiger partial charge in [0.05, 0.1) is 12.1 Å². The van der Waals surface area contributed by atoms with Crippen molar-refractivity contribution in [3.63, 3.8) is 0 Å². The summed E-state index contributed by atoms with van der Waals surface area (Å²) < 4.78 is 61.3. The van der Waals surface area contributed by atoms with Crippen molar-refractivity contribution >= 4 is 5.91 Å². The van der Waals surface area contributed by atoms with Crippen molar-refractivity contribution in [3.8, 4) is 0 Å². The molecule has 1 aliphatic rings. The molecule has 0 aliphatic carbocycles. The molecule has 0 radical (unpaired) electrons. The van der Waals surface area contributed by atoms with Crippen LogP contribution in [0, 0.1) is 0 Å². The minimum absolute atomic E-state index is 0.0304. The fraction of sp³-hybridized carbons (Fsp3) is 0.875. The molecule has 9 heteroatoms. The van der Waals surface area contributed by atoms with Crippen LogP contribution in [0.2, 0.25) is 0 Å². The summed E-state index contributed by atoms with van der Waals surface area (Å²) in [5.74, 6) is -7.80.